The van der Waals surface area contributed by atoms with Gasteiger partial charge in [-0.3, -0.25) is 0 Å². The Labute approximate surface area is 206 Å². The van der Waals surface area contributed by atoms with Gasteiger partial charge in [0.1, 0.15) is 12.4 Å². The summed E-state index contributed by atoms with van der Waals surface area (Å²) in [5.41, 5.74) is 3.71. The van der Waals surface area contributed by atoms with Crippen molar-refractivity contribution < 1.29 is 23.8 Å². The van der Waals surface area contributed by atoms with Crippen LogP contribution in [0.25, 0.3) is 0 Å². The lowest BCUT2D eigenvalue weighted by molar-refractivity contribution is -0.140. The van der Waals surface area contributed by atoms with E-state index in [1.807, 2.05) is 48.5 Å². The molecule has 0 radical (unpaired) electrons. The molecule has 0 amide bonds. The first-order valence-corrected chi connectivity index (χ1v) is 11.5. The lowest BCUT2D eigenvalue weighted by Gasteiger charge is -2.30. The molecular weight excluding hydrogens is 444 g/mol. The van der Waals surface area contributed by atoms with Gasteiger partial charge in [-0.05, 0) is 49.9 Å². The number of hydrogen-bond donors (Lipinski definition) is 1. The van der Waals surface area contributed by atoms with E-state index in [1.165, 1.54) is 5.56 Å². The Morgan fingerprint density at radius 1 is 0.943 bits per heavy atom. The smallest absolute Gasteiger partial charge is 0.336 e. The number of ether oxygens (including phenoxy) is 3. The second-order valence-electron chi connectivity index (χ2n) is 8.18. The number of hydrogen-bond acceptors (Lipinski definition) is 7. The van der Waals surface area contributed by atoms with Gasteiger partial charge in [0, 0.05) is 11.4 Å². The topological polar surface area (TPSA) is 97.6 Å². The number of nitriles is 1. The van der Waals surface area contributed by atoms with Crippen LogP contribution in [0.2, 0.25) is 0 Å². The van der Waals surface area contributed by atoms with Crippen LogP contribution in [0.3, 0.4) is 0 Å². The van der Waals surface area contributed by atoms with Crippen molar-refractivity contribution in [1.29, 1.82) is 5.26 Å². The fourth-order valence-corrected chi connectivity index (χ4v) is 4.12. The van der Waals surface area contributed by atoms with Crippen LogP contribution in [0.5, 0.6) is 5.75 Å². The van der Waals surface area contributed by atoms with E-state index in [1.54, 1.807) is 33.1 Å². The quantitative estimate of drug-likeness (QED) is 0.398. The minimum Gasteiger partial charge on any atom is -0.497 e. The van der Waals surface area contributed by atoms with Gasteiger partial charge in [-0.25, -0.2) is 9.59 Å². The Morgan fingerprint density at radius 2 is 1.60 bits per heavy atom. The van der Waals surface area contributed by atoms with E-state index in [-0.39, 0.29) is 19.6 Å². The number of nitrogens with zero attached hydrogens (tertiary/aromatic N) is 1. The second-order valence-corrected chi connectivity index (χ2v) is 8.18. The zero-order valence-electron chi connectivity index (χ0n) is 20.3. The van der Waals surface area contributed by atoms with Gasteiger partial charge in [-0.1, -0.05) is 42.5 Å². The molecule has 0 saturated heterocycles. The minimum absolute atomic E-state index is 0.0289. The maximum Gasteiger partial charge on any atom is 0.336 e. The summed E-state index contributed by atoms with van der Waals surface area (Å²) in [5, 5.41) is 11.9. The lowest BCUT2D eigenvalue weighted by Crippen LogP contribution is -2.32. The van der Waals surface area contributed by atoms with Crippen LogP contribution >= 0.6 is 0 Å². The van der Waals surface area contributed by atoms with Crippen LogP contribution in [-0.4, -0.2) is 32.3 Å². The number of benzene rings is 2. The van der Waals surface area contributed by atoms with Crippen molar-refractivity contribution in [2.24, 2.45) is 0 Å². The molecule has 2 aromatic rings. The van der Waals surface area contributed by atoms with Crippen molar-refractivity contribution in [3.63, 3.8) is 0 Å². The van der Waals surface area contributed by atoms with Crippen molar-refractivity contribution >= 4 is 11.9 Å². The van der Waals surface area contributed by atoms with Gasteiger partial charge in [-0.15, -0.1) is 0 Å². The second kappa shape index (κ2) is 12.4. The number of aryl methyl sites for hydroxylation is 1. The molecule has 2 aromatic carbocycles. The highest BCUT2D eigenvalue weighted by molar-refractivity contribution is 5.99. The van der Waals surface area contributed by atoms with E-state index in [2.05, 4.69) is 5.32 Å². The molecule has 0 spiro atoms. The van der Waals surface area contributed by atoms with Crippen molar-refractivity contribution in [2.75, 3.05) is 20.3 Å². The molecule has 1 N–H and O–H groups in total. The number of allylic oxidation sites excluding steroid dienone is 2. The van der Waals surface area contributed by atoms with E-state index < -0.39 is 17.9 Å². The highest BCUT2D eigenvalue weighted by atomic mass is 16.5. The SMILES string of the molecule is COc1cccc(C2C(C(=O)OCCC#N)=C(C)NC(C)=C2C(=O)OCCCc2ccccc2)c1. The third kappa shape index (κ3) is 6.51. The molecule has 1 heterocycles. The first kappa shape index (κ1) is 25.6. The van der Waals surface area contributed by atoms with Gasteiger partial charge in [0.25, 0.3) is 0 Å². The Hall–Kier alpha value is -4.05. The van der Waals surface area contributed by atoms with Crippen molar-refractivity contribution in [1.82, 2.24) is 5.32 Å². The van der Waals surface area contributed by atoms with E-state index in [4.69, 9.17) is 19.5 Å². The summed E-state index contributed by atoms with van der Waals surface area (Å²) in [6.07, 6.45) is 1.55. The average molecular weight is 475 g/mol. The summed E-state index contributed by atoms with van der Waals surface area (Å²) in [6.45, 7) is 3.77. The van der Waals surface area contributed by atoms with E-state index in [0.29, 0.717) is 40.3 Å². The largest absolute Gasteiger partial charge is 0.497 e. The molecule has 0 fully saturated rings. The summed E-state index contributed by atoms with van der Waals surface area (Å²) in [6, 6.07) is 19.2. The molecule has 1 atom stereocenters. The monoisotopic (exact) mass is 474 g/mol. The zero-order chi connectivity index (χ0) is 25.2. The fraction of sp³-hybridized carbons (Fsp3) is 0.321. The summed E-state index contributed by atoms with van der Waals surface area (Å²) < 4.78 is 16.4. The number of nitrogens with one attached hydrogen (secondary N) is 1. The van der Waals surface area contributed by atoms with E-state index in [9.17, 15) is 9.59 Å². The molecule has 0 aliphatic carbocycles. The molecule has 1 aliphatic heterocycles. The number of esters is 2. The number of rotatable bonds is 10. The Morgan fingerprint density at radius 3 is 2.23 bits per heavy atom. The molecule has 35 heavy (non-hydrogen) atoms. The molecule has 7 heteroatoms. The highest BCUT2D eigenvalue weighted by Gasteiger charge is 2.38. The summed E-state index contributed by atoms with van der Waals surface area (Å²) in [4.78, 5) is 26.4. The van der Waals surface area contributed by atoms with Gasteiger partial charge in [0.05, 0.1) is 43.3 Å². The molecule has 0 saturated carbocycles. The minimum atomic E-state index is -0.706. The Kier molecular flexibility index (Phi) is 9.08. The van der Waals surface area contributed by atoms with E-state index in [0.717, 1.165) is 6.42 Å². The molecular formula is C28H30N2O5. The van der Waals surface area contributed by atoms with Crippen LogP contribution in [0.15, 0.2) is 77.1 Å². The highest BCUT2D eigenvalue weighted by Crippen LogP contribution is 2.40. The summed E-state index contributed by atoms with van der Waals surface area (Å²) in [7, 11) is 1.56. The number of methoxy groups -OCH3 is 1. The number of carbonyl (C=O) groups is 2. The van der Waals surface area contributed by atoms with Gasteiger partial charge in [0.2, 0.25) is 0 Å². The average Bonchev–Trinajstić information content (AvgIpc) is 2.86. The summed E-state index contributed by atoms with van der Waals surface area (Å²) >= 11 is 0. The maximum absolute atomic E-state index is 13.3. The van der Waals surface area contributed by atoms with Crippen molar-refractivity contribution in [3.05, 3.63) is 88.3 Å². The molecule has 1 unspecified atom stereocenters. The molecule has 1 aliphatic rings. The Bertz CT molecular complexity index is 1160. The lowest BCUT2D eigenvalue weighted by atomic mass is 9.80. The molecule has 0 aromatic heterocycles. The third-order valence-corrected chi connectivity index (χ3v) is 5.76. The van der Waals surface area contributed by atoms with Gasteiger partial charge >= 0.3 is 11.9 Å². The first-order valence-electron chi connectivity index (χ1n) is 11.5. The van der Waals surface area contributed by atoms with Crippen LogP contribution in [0.4, 0.5) is 0 Å². The number of carbonyl (C=O) groups excluding carboxylic acids is 2. The van der Waals surface area contributed by atoms with Crippen molar-refractivity contribution in [2.45, 2.75) is 39.0 Å². The predicted octanol–water partition coefficient (Wildman–Crippen LogP) is 4.56. The zero-order valence-corrected chi connectivity index (χ0v) is 20.3. The van der Waals surface area contributed by atoms with Crippen LogP contribution in [0, 0.1) is 11.3 Å². The van der Waals surface area contributed by atoms with Gasteiger partial charge in [-0.2, -0.15) is 5.26 Å². The molecule has 182 valence electrons. The molecule has 3 rings (SSSR count). The van der Waals surface area contributed by atoms with Crippen LogP contribution < -0.4 is 10.1 Å². The molecule has 7 nitrogen and oxygen atoms in total. The van der Waals surface area contributed by atoms with Crippen LogP contribution in [-0.2, 0) is 25.5 Å². The normalized spacial score (nSPS) is 15.2. The van der Waals surface area contributed by atoms with E-state index >= 15 is 0 Å². The fourth-order valence-electron chi connectivity index (χ4n) is 4.12. The third-order valence-electron chi connectivity index (χ3n) is 5.76. The van der Waals surface area contributed by atoms with Gasteiger partial charge in [0.15, 0.2) is 0 Å². The number of dihydropyridines is 1. The maximum atomic E-state index is 13.3. The Balaban J connectivity index is 1.86. The first-order chi connectivity index (χ1) is 17.0. The van der Waals surface area contributed by atoms with Crippen molar-refractivity contribution in [3.8, 4) is 11.8 Å². The standard InChI is InChI=1S/C28H30N2O5/c1-19-24(27(31)34-16-8-12-21-10-5-4-6-11-21)26(22-13-7-14-23(18-22)33-3)25(20(2)30-19)28(32)35-17-9-15-29/h4-7,10-11,13-14,18,26,30H,8-9,12,16-17H2,1-3H3. The molecule has 0 bridgehead atoms. The summed E-state index contributed by atoms with van der Waals surface area (Å²) in [5.74, 6) is -1.18. The van der Waals surface area contributed by atoms with Crippen LogP contribution in [0.1, 0.15) is 43.7 Å². The predicted molar refractivity (Wildman–Crippen MR) is 131 cm³/mol. The van der Waals surface area contributed by atoms with Gasteiger partial charge < -0.3 is 19.5 Å².